The summed E-state index contributed by atoms with van der Waals surface area (Å²) in [5.74, 6) is 0.536. The Kier molecular flexibility index (Phi) is 5.73. The first-order valence-electron chi connectivity index (χ1n) is 9.12. The number of piperidine rings is 1. The SMILES string of the molecule is CCOC(=O)N1CCC(N2CCN(c3ccc(F)cn3)C(C)C2)CC1. The van der Waals surface area contributed by atoms with Gasteiger partial charge in [0, 0.05) is 44.8 Å². The molecule has 0 radical (unpaired) electrons. The molecule has 138 valence electrons. The molecule has 0 aromatic carbocycles. The number of hydrogen-bond donors (Lipinski definition) is 0. The molecule has 0 bridgehead atoms. The molecule has 7 heteroatoms. The van der Waals surface area contributed by atoms with Crippen molar-refractivity contribution >= 4 is 11.9 Å². The summed E-state index contributed by atoms with van der Waals surface area (Å²) >= 11 is 0. The number of nitrogens with zero attached hydrogens (tertiary/aromatic N) is 4. The van der Waals surface area contributed by atoms with Crippen LogP contribution in [0.5, 0.6) is 0 Å². The Hall–Kier alpha value is -1.89. The van der Waals surface area contributed by atoms with Crippen LogP contribution in [0.3, 0.4) is 0 Å². The molecule has 0 spiro atoms. The average molecular weight is 350 g/mol. The van der Waals surface area contributed by atoms with E-state index in [0.29, 0.717) is 18.7 Å². The maximum absolute atomic E-state index is 13.1. The highest BCUT2D eigenvalue weighted by atomic mass is 19.1. The number of amides is 1. The number of pyridine rings is 1. The summed E-state index contributed by atoms with van der Waals surface area (Å²) in [6.07, 6.45) is 3.06. The van der Waals surface area contributed by atoms with Gasteiger partial charge >= 0.3 is 6.09 Å². The van der Waals surface area contributed by atoms with E-state index in [1.807, 2.05) is 11.8 Å². The van der Waals surface area contributed by atoms with Crippen LogP contribution in [-0.4, -0.2) is 72.3 Å². The first kappa shape index (κ1) is 17.9. The molecule has 25 heavy (non-hydrogen) atoms. The highest BCUT2D eigenvalue weighted by Gasteiger charge is 2.32. The van der Waals surface area contributed by atoms with Crippen molar-refractivity contribution in [3.63, 3.8) is 0 Å². The third-order valence-electron chi connectivity index (χ3n) is 5.17. The predicted molar refractivity (Wildman–Crippen MR) is 94.2 cm³/mol. The molecule has 2 aliphatic rings. The first-order chi connectivity index (χ1) is 12.1. The van der Waals surface area contributed by atoms with Crippen molar-refractivity contribution in [1.82, 2.24) is 14.8 Å². The molecule has 1 aromatic rings. The minimum Gasteiger partial charge on any atom is -0.450 e. The Balaban J connectivity index is 1.52. The lowest BCUT2D eigenvalue weighted by atomic mass is 10.0. The topological polar surface area (TPSA) is 48.9 Å². The van der Waals surface area contributed by atoms with E-state index >= 15 is 0 Å². The standard InChI is InChI=1S/C18H27FN4O2/c1-3-25-18(24)21-8-6-16(7-9-21)22-10-11-23(14(2)13-22)17-5-4-15(19)12-20-17/h4-5,12,14,16H,3,6-11,13H2,1-2H3. The van der Waals surface area contributed by atoms with Crippen molar-refractivity contribution in [2.45, 2.75) is 38.8 Å². The van der Waals surface area contributed by atoms with Crippen LogP contribution in [0.25, 0.3) is 0 Å². The molecule has 2 saturated heterocycles. The van der Waals surface area contributed by atoms with Crippen LogP contribution in [0.2, 0.25) is 0 Å². The summed E-state index contributed by atoms with van der Waals surface area (Å²) in [5, 5.41) is 0. The number of carbonyl (C=O) groups excluding carboxylic acids is 1. The molecule has 0 saturated carbocycles. The minimum absolute atomic E-state index is 0.193. The molecule has 1 unspecified atom stereocenters. The van der Waals surface area contributed by atoms with Crippen molar-refractivity contribution in [2.75, 3.05) is 44.2 Å². The van der Waals surface area contributed by atoms with Crippen LogP contribution >= 0.6 is 0 Å². The van der Waals surface area contributed by atoms with Gasteiger partial charge in [-0.25, -0.2) is 14.2 Å². The molecule has 1 aromatic heterocycles. The number of ether oxygens (including phenoxy) is 1. The van der Waals surface area contributed by atoms with Crippen molar-refractivity contribution in [1.29, 1.82) is 0 Å². The van der Waals surface area contributed by atoms with Crippen molar-refractivity contribution in [2.24, 2.45) is 0 Å². The number of halogens is 1. The highest BCUT2D eigenvalue weighted by molar-refractivity contribution is 5.67. The number of anilines is 1. The third-order valence-corrected chi connectivity index (χ3v) is 5.17. The van der Waals surface area contributed by atoms with Crippen molar-refractivity contribution in [3.05, 3.63) is 24.1 Å². The van der Waals surface area contributed by atoms with E-state index in [1.54, 1.807) is 6.07 Å². The molecular weight excluding hydrogens is 323 g/mol. The zero-order valence-electron chi connectivity index (χ0n) is 15.0. The third kappa shape index (κ3) is 4.21. The molecular formula is C18H27FN4O2. The van der Waals surface area contributed by atoms with Crippen LogP contribution in [0.1, 0.15) is 26.7 Å². The second kappa shape index (κ2) is 7.99. The molecule has 2 fully saturated rings. The van der Waals surface area contributed by atoms with Gasteiger partial charge in [-0.05, 0) is 38.8 Å². The van der Waals surface area contributed by atoms with Gasteiger partial charge in [0.25, 0.3) is 0 Å². The number of rotatable bonds is 3. The Morgan fingerprint density at radius 1 is 1.28 bits per heavy atom. The van der Waals surface area contributed by atoms with Crippen LogP contribution in [0, 0.1) is 5.82 Å². The van der Waals surface area contributed by atoms with Crippen LogP contribution in [-0.2, 0) is 4.74 Å². The Morgan fingerprint density at radius 2 is 2.04 bits per heavy atom. The van der Waals surface area contributed by atoms with Gasteiger partial charge < -0.3 is 14.5 Å². The van der Waals surface area contributed by atoms with Gasteiger partial charge in [-0.2, -0.15) is 0 Å². The number of carbonyl (C=O) groups is 1. The van der Waals surface area contributed by atoms with Crippen molar-refractivity contribution in [3.8, 4) is 0 Å². The monoisotopic (exact) mass is 350 g/mol. The Bertz CT molecular complexity index is 575. The first-order valence-corrected chi connectivity index (χ1v) is 9.12. The van der Waals surface area contributed by atoms with E-state index in [2.05, 4.69) is 21.7 Å². The van der Waals surface area contributed by atoms with Gasteiger partial charge in [-0.3, -0.25) is 4.90 Å². The van der Waals surface area contributed by atoms with Gasteiger partial charge in [0.15, 0.2) is 0 Å². The van der Waals surface area contributed by atoms with Gasteiger partial charge in [-0.1, -0.05) is 0 Å². The van der Waals surface area contributed by atoms with E-state index < -0.39 is 0 Å². The molecule has 1 amide bonds. The fourth-order valence-corrected chi connectivity index (χ4v) is 3.82. The lowest BCUT2D eigenvalue weighted by Gasteiger charge is -2.45. The number of piperazine rings is 1. The maximum Gasteiger partial charge on any atom is 0.409 e. The van der Waals surface area contributed by atoms with Crippen LogP contribution in [0.4, 0.5) is 15.0 Å². The summed E-state index contributed by atoms with van der Waals surface area (Å²) in [4.78, 5) is 22.6. The number of hydrogen-bond acceptors (Lipinski definition) is 5. The lowest BCUT2D eigenvalue weighted by molar-refractivity contribution is 0.0690. The molecule has 3 heterocycles. The van der Waals surface area contributed by atoms with E-state index in [1.165, 1.54) is 12.3 Å². The van der Waals surface area contributed by atoms with Crippen LogP contribution in [0.15, 0.2) is 18.3 Å². The van der Waals surface area contributed by atoms with E-state index in [9.17, 15) is 9.18 Å². The highest BCUT2D eigenvalue weighted by Crippen LogP contribution is 2.23. The molecule has 2 aliphatic heterocycles. The Morgan fingerprint density at radius 3 is 2.64 bits per heavy atom. The zero-order chi connectivity index (χ0) is 17.8. The number of aromatic nitrogens is 1. The summed E-state index contributed by atoms with van der Waals surface area (Å²) in [6, 6.07) is 4.05. The minimum atomic E-state index is -0.302. The predicted octanol–water partition coefficient (Wildman–Crippen LogP) is 2.35. The lowest BCUT2D eigenvalue weighted by Crippen LogP contribution is -2.57. The van der Waals surface area contributed by atoms with E-state index in [-0.39, 0.29) is 11.9 Å². The molecule has 3 rings (SSSR count). The quantitative estimate of drug-likeness (QED) is 0.838. The van der Waals surface area contributed by atoms with E-state index in [4.69, 9.17) is 4.74 Å². The number of likely N-dealkylation sites (tertiary alicyclic amines) is 1. The summed E-state index contributed by atoms with van der Waals surface area (Å²) in [6.45, 7) is 8.78. The van der Waals surface area contributed by atoms with E-state index in [0.717, 1.165) is 51.4 Å². The smallest absolute Gasteiger partial charge is 0.409 e. The largest absolute Gasteiger partial charge is 0.450 e. The van der Waals surface area contributed by atoms with Crippen molar-refractivity contribution < 1.29 is 13.9 Å². The maximum atomic E-state index is 13.1. The van der Waals surface area contributed by atoms with Gasteiger partial charge in [0.05, 0.1) is 12.8 Å². The van der Waals surface area contributed by atoms with Gasteiger partial charge in [0.2, 0.25) is 0 Å². The summed E-state index contributed by atoms with van der Waals surface area (Å²) < 4.78 is 18.2. The normalized spacial score (nSPS) is 22.9. The molecule has 1 atom stereocenters. The Labute approximate surface area is 148 Å². The fourth-order valence-electron chi connectivity index (χ4n) is 3.82. The second-order valence-electron chi connectivity index (χ2n) is 6.79. The average Bonchev–Trinajstić information content (AvgIpc) is 2.63. The summed E-state index contributed by atoms with van der Waals surface area (Å²) in [5.41, 5.74) is 0. The zero-order valence-corrected chi connectivity index (χ0v) is 15.0. The van der Waals surface area contributed by atoms with Crippen LogP contribution < -0.4 is 4.90 Å². The van der Waals surface area contributed by atoms with Gasteiger partial charge in [0.1, 0.15) is 11.6 Å². The summed E-state index contributed by atoms with van der Waals surface area (Å²) in [7, 11) is 0. The molecule has 0 N–H and O–H groups in total. The van der Waals surface area contributed by atoms with Gasteiger partial charge in [-0.15, -0.1) is 0 Å². The second-order valence-corrected chi connectivity index (χ2v) is 6.79. The molecule has 6 nitrogen and oxygen atoms in total. The fraction of sp³-hybridized carbons (Fsp3) is 0.667. The molecule has 0 aliphatic carbocycles.